The monoisotopic (exact) mass is 208 g/mol. The van der Waals surface area contributed by atoms with Crippen LogP contribution < -0.4 is 11.5 Å². The third kappa shape index (κ3) is 1.95. The van der Waals surface area contributed by atoms with Gasteiger partial charge in [0.25, 0.3) is 5.91 Å². The van der Waals surface area contributed by atoms with E-state index in [0.29, 0.717) is 11.6 Å². The van der Waals surface area contributed by atoms with Crippen LogP contribution in [0, 0.1) is 11.8 Å². The molecule has 0 aromatic carbocycles. The van der Waals surface area contributed by atoms with E-state index in [1.807, 2.05) is 0 Å². The average molecular weight is 208 g/mol. The number of nitrogen functional groups attached to an aromatic ring is 1. The van der Waals surface area contributed by atoms with Gasteiger partial charge in [-0.05, 0) is 18.3 Å². The number of aromatic nitrogens is 2. The molecular weight excluding hydrogens is 192 g/mol. The normalized spacial score (nSPS) is 24.1. The number of rotatable bonds is 4. The number of carbonyl (C=O) groups is 1. The molecule has 1 aliphatic carbocycles. The van der Waals surface area contributed by atoms with Crippen LogP contribution in [-0.4, -0.2) is 15.7 Å². The van der Waals surface area contributed by atoms with Crippen LogP contribution in [0.4, 0.5) is 5.69 Å². The second-order valence-electron chi connectivity index (χ2n) is 4.18. The summed E-state index contributed by atoms with van der Waals surface area (Å²) in [4.78, 5) is 10.9. The zero-order chi connectivity index (χ0) is 11.0. The van der Waals surface area contributed by atoms with Crippen LogP contribution in [0.25, 0.3) is 0 Å². The number of nitrogens with two attached hydrogens (primary N) is 2. The van der Waals surface area contributed by atoms with Gasteiger partial charge >= 0.3 is 0 Å². The maximum atomic E-state index is 10.9. The minimum atomic E-state index is -0.561. The number of anilines is 1. The maximum absolute atomic E-state index is 10.9. The molecule has 1 aliphatic rings. The smallest absolute Gasteiger partial charge is 0.271 e. The number of primary amides is 1. The van der Waals surface area contributed by atoms with Crippen molar-refractivity contribution in [1.29, 1.82) is 0 Å². The van der Waals surface area contributed by atoms with Crippen LogP contribution in [0.15, 0.2) is 6.20 Å². The van der Waals surface area contributed by atoms with E-state index in [-0.39, 0.29) is 5.69 Å². The van der Waals surface area contributed by atoms with Gasteiger partial charge in [-0.15, -0.1) is 0 Å². The first-order valence-electron chi connectivity index (χ1n) is 5.24. The Hall–Kier alpha value is -1.52. The molecule has 2 rings (SSSR count). The number of nitrogens with zero attached hydrogens (tertiary/aromatic N) is 2. The van der Waals surface area contributed by atoms with Crippen molar-refractivity contribution in [3.05, 3.63) is 11.9 Å². The third-order valence-corrected chi connectivity index (χ3v) is 3.04. The van der Waals surface area contributed by atoms with Gasteiger partial charge in [0.05, 0.1) is 5.69 Å². The highest BCUT2D eigenvalue weighted by atomic mass is 16.1. The summed E-state index contributed by atoms with van der Waals surface area (Å²) in [6.07, 6.45) is 4.15. The lowest BCUT2D eigenvalue weighted by molar-refractivity contribution is 0.0995. The highest BCUT2D eigenvalue weighted by molar-refractivity contribution is 5.95. The molecule has 5 nitrogen and oxygen atoms in total. The Morgan fingerprint density at radius 1 is 1.67 bits per heavy atom. The van der Waals surface area contributed by atoms with Crippen molar-refractivity contribution in [3.8, 4) is 0 Å². The van der Waals surface area contributed by atoms with Crippen LogP contribution >= 0.6 is 0 Å². The molecule has 0 spiro atoms. The topological polar surface area (TPSA) is 86.9 Å². The summed E-state index contributed by atoms with van der Waals surface area (Å²) in [6.45, 7) is 3.03. The summed E-state index contributed by atoms with van der Waals surface area (Å²) in [7, 11) is 0. The molecule has 1 aromatic heterocycles. The van der Waals surface area contributed by atoms with E-state index >= 15 is 0 Å². The van der Waals surface area contributed by atoms with Crippen molar-refractivity contribution in [3.63, 3.8) is 0 Å². The van der Waals surface area contributed by atoms with Crippen molar-refractivity contribution in [2.24, 2.45) is 17.6 Å². The molecule has 2 atom stereocenters. The SMILES string of the molecule is CC[C@@H]1C[C@H]1Cn1cc(N)c(C(N)=O)n1. The van der Waals surface area contributed by atoms with Gasteiger partial charge in [-0.3, -0.25) is 9.48 Å². The Kier molecular flexibility index (Phi) is 2.38. The summed E-state index contributed by atoms with van der Waals surface area (Å²) >= 11 is 0. The van der Waals surface area contributed by atoms with Crippen LogP contribution in [0.1, 0.15) is 30.3 Å². The van der Waals surface area contributed by atoms with Crippen molar-refractivity contribution < 1.29 is 4.79 Å². The van der Waals surface area contributed by atoms with Gasteiger partial charge < -0.3 is 11.5 Å². The number of hydrogen-bond acceptors (Lipinski definition) is 3. The van der Waals surface area contributed by atoms with Crippen molar-refractivity contribution in [2.45, 2.75) is 26.3 Å². The fourth-order valence-corrected chi connectivity index (χ4v) is 2.00. The summed E-state index contributed by atoms with van der Waals surface area (Å²) < 4.78 is 1.73. The molecule has 1 fully saturated rings. The Bertz CT molecular complexity index is 385. The number of hydrogen-bond donors (Lipinski definition) is 2. The molecule has 15 heavy (non-hydrogen) atoms. The van der Waals surface area contributed by atoms with Crippen molar-refractivity contribution in [2.75, 3.05) is 5.73 Å². The van der Waals surface area contributed by atoms with Crippen molar-refractivity contribution in [1.82, 2.24) is 9.78 Å². The molecule has 0 unspecified atom stereocenters. The fourth-order valence-electron chi connectivity index (χ4n) is 2.00. The first-order chi connectivity index (χ1) is 7.11. The minimum absolute atomic E-state index is 0.184. The quantitative estimate of drug-likeness (QED) is 0.760. The van der Waals surface area contributed by atoms with Gasteiger partial charge in [-0.2, -0.15) is 5.10 Å². The average Bonchev–Trinajstić information content (AvgIpc) is 2.81. The van der Waals surface area contributed by atoms with E-state index in [9.17, 15) is 4.79 Å². The second kappa shape index (κ2) is 3.56. The highest BCUT2D eigenvalue weighted by Crippen LogP contribution is 2.42. The van der Waals surface area contributed by atoms with Gasteiger partial charge in [-0.1, -0.05) is 13.3 Å². The third-order valence-electron chi connectivity index (χ3n) is 3.04. The van der Waals surface area contributed by atoms with Gasteiger partial charge in [-0.25, -0.2) is 0 Å². The van der Waals surface area contributed by atoms with Crippen LogP contribution in [0.2, 0.25) is 0 Å². The zero-order valence-electron chi connectivity index (χ0n) is 8.81. The minimum Gasteiger partial charge on any atom is -0.396 e. The lowest BCUT2D eigenvalue weighted by atomic mass is 10.2. The van der Waals surface area contributed by atoms with E-state index in [1.165, 1.54) is 12.8 Å². The van der Waals surface area contributed by atoms with Crippen LogP contribution in [0.5, 0.6) is 0 Å². The molecule has 0 saturated heterocycles. The lowest BCUT2D eigenvalue weighted by Crippen LogP contribution is -2.14. The predicted molar refractivity (Wildman–Crippen MR) is 57.0 cm³/mol. The first kappa shape index (κ1) is 10.0. The summed E-state index contributed by atoms with van der Waals surface area (Å²) in [5.74, 6) is 0.941. The maximum Gasteiger partial charge on any atom is 0.271 e. The zero-order valence-corrected chi connectivity index (χ0v) is 8.81. The van der Waals surface area contributed by atoms with E-state index in [1.54, 1.807) is 10.9 Å². The van der Waals surface area contributed by atoms with Crippen molar-refractivity contribution >= 4 is 11.6 Å². The molecule has 4 N–H and O–H groups in total. The molecular formula is C10H16N4O. The number of amides is 1. The molecule has 0 radical (unpaired) electrons. The van der Waals surface area contributed by atoms with E-state index in [2.05, 4.69) is 12.0 Å². The van der Waals surface area contributed by atoms with E-state index < -0.39 is 5.91 Å². The highest BCUT2D eigenvalue weighted by Gasteiger charge is 2.35. The van der Waals surface area contributed by atoms with Gasteiger partial charge in [0.2, 0.25) is 0 Å². The van der Waals surface area contributed by atoms with Crippen LogP contribution in [-0.2, 0) is 6.54 Å². The van der Waals surface area contributed by atoms with E-state index in [0.717, 1.165) is 12.5 Å². The molecule has 0 bridgehead atoms. The largest absolute Gasteiger partial charge is 0.396 e. The van der Waals surface area contributed by atoms with Gasteiger partial charge in [0.15, 0.2) is 5.69 Å². The Labute approximate surface area is 88.4 Å². The summed E-state index contributed by atoms with van der Waals surface area (Å²) in [6, 6.07) is 0. The molecule has 1 heterocycles. The molecule has 5 heteroatoms. The second-order valence-corrected chi connectivity index (χ2v) is 4.18. The summed E-state index contributed by atoms with van der Waals surface area (Å²) in [5.41, 5.74) is 11.3. The van der Waals surface area contributed by atoms with Gasteiger partial charge in [0.1, 0.15) is 0 Å². The Morgan fingerprint density at radius 3 is 2.87 bits per heavy atom. The molecule has 1 amide bonds. The lowest BCUT2D eigenvalue weighted by Gasteiger charge is -1.98. The Morgan fingerprint density at radius 2 is 2.40 bits per heavy atom. The van der Waals surface area contributed by atoms with Crippen LogP contribution in [0.3, 0.4) is 0 Å². The molecule has 1 saturated carbocycles. The molecule has 82 valence electrons. The molecule has 1 aromatic rings. The number of carbonyl (C=O) groups excluding carboxylic acids is 1. The van der Waals surface area contributed by atoms with Gasteiger partial charge in [0, 0.05) is 12.7 Å². The Balaban J connectivity index is 2.04. The van der Waals surface area contributed by atoms with E-state index in [4.69, 9.17) is 11.5 Å². The standard InChI is InChI=1S/C10H16N4O/c1-2-6-3-7(6)4-14-5-8(11)9(13-14)10(12)15/h5-7H,2-4,11H2,1H3,(H2,12,15)/t6-,7+/m1/s1. The predicted octanol–water partition coefficient (Wildman–Crippen LogP) is 0.610. The molecule has 0 aliphatic heterocycles. The first-order valence-corrected chi connectivity index (χ1v) is 5.24. The summed E-state index contributed by atoms with van der Waals surface area (Å²) in [5, 5.41) is 4.08. The fraction of sp³-hybridized carbons (Fsp3) is 0.600.